The number of thiocarbonyl (C=S) groups is 1. The van der Waals surface area contributed by atoms with Gasteiger partial charge in [-0.15, -0.1) is 0 Å². The number of carbonyl (C=O) groups excluding carboxylic acids is 2. The Labute approximate surface area is 221 Å². The van der Waals surface area contributed by atoms with Gasteiger partial charge in [0, 0.05) is 15.7 Å². The highest BCUT2D eigenvalue weighted by molar-refractivity contribution is 8.26. The molecule has 0 spiro atoms. The van der Waals surface area contributed by atoms with Crippen molar-refractivity contribution in [2.24, 2.45) is 0 Å². The van der Waals surface area contributed by atoms with Crippen LogP contribution in [0.3, 0.4) is 0 Å². The second kappa shape index (κ2) is 11.2. The van der Waals surface area contributed by atoms with E-state index >= 15 is 0 Å². The van der Waals surface area contributed by atoms with E-state index in [1.165, 1.54) is 23.8 Å². The molecule has 1 fully saturated rings. The maximum atomic E-state index is 12.8. The van der Waals surface area contributed by atoms with Gasteiger partial charge in [0.05, 0.1) is 24.8 Å². The summed E-state index contributed by atoms with van der Waals surface area (Å²) in [7, 11) is 1.49. The molecule has 1 aromatic heterocycles. The van der Waals surface area contributed by atoms with Gasteiger partial charge < -0.3 is 19.2 Å². The summed E-state index contributed by atoms with van der Waals surface area (Å²) in [6, 6.07) is 13.4. The van der Waals surface area contributed by atoms with E-state index < -0.39 is 5.91 Å². The highest BCUT2D eigenvalue weighted by atomic mass is 35.5. The molecule has 1 aliphatic heterocycles. The first-order valence-electron chi connectivity index (χ1n) is 10.2. The standard InChI is InChI=1S/C24H18Cl2N2O5S2/c1-31-20-7-14(8-21-23(30)28(24(34)35-21)12-18-3-2-6-32-18)4-5-19(20)33-13-22(29)27-17-10-15(25)9-16(26)11-17/h2-11H,12-13H2,1H3,(H,27,29)/b21-8-. The molecule has 1 saturated heterocycles. The van der Waals surface area contributed by atoms with E-state index in [2.05, 4.69) is 5.32 Å². The largest absolute Gasteiger partial charge is 0.493 e. The van der Waals surface area contributed by atoms with Crippen LogP contribution < -0.4 is 14.8 Å². The number of anilines is 1. The molecule has 0 unspecified atom stereocenters. The van der Waals surface area contributed by atoms with Gasteiger partial charge in [0.15, 0.2) is 18.1 Å². The Morgan fingerprint density at radius 1 is 1.17 bits per heavy atom. The zero-order chi connectivity index (χ0) is 24.9. The van der Waals surface area contributed by atoms with Crippen LogP contribution in [-0.2, 0) is 16.1 Å². The monoisotopic (exact) mass is 548 g/mol. The van der Waals surface area contributed by atoms with Crippen molar-refractivity contribution in [1.29, 1.82) is 0 Å². The minimum Gasteiger partial charge on any atom is -0.493 e. The number of hydrogen-bond donors (Lipinski definition) is 1. The molecule has 4 rings (SSSR count). The zero-order valence-corrected chi connectivity index (χ0v) is 21.4. The zero-order valence-electron chi connectivity index (χ0n) is 18.2. The lowest BCUT2D eigenvalue weighted by Crippen LogP contribution is -2.27. The van der Waals surface area contributed by atoms with E-state index in [1.807, 2.05) is 0 Å². The molecule has 1 aliphatic rings. The van der Waals surface area contributed by atoms with Crippen LogP contribution >= 0.6 is 47.2 Å². The number of carbonyl (C=O) groups is 2. The highest BCUT2D eigenvalue weighted by Gasteiger charge is 2.32. The van der Waals surface area contributed by atoms with Crippen LogP contribution in [0.2, 0.25) is 10.0 Å². The molecule has 0 atom stereocenters. The molecule has 2 amide bonds. The van der Waals surface area contributed by atoms with Crippen molar-refractivity contribution in [1.82, 2.24) is 4.90 Å². The van der Waals surface area contributed by atoms with Crippen LogP contribution in [0.25, 0.3) is 6.08 Å². The number of benzene rings is 2. The van der Waals surface area contributed by atoms with Crippen LogP contribution in [0.4, 0.5) is 5.69 Å². The van der Waals surface area contributed by atoms with Crippen molar-refractivity contribution >= 4 is 75.1 Å². The van der Waals surface area contributed by atoms with Crippen molar-refractivity contribution < 1.29 is 23.5 Å². The molecule has 11 heteroatoms. The van der Waals surface area contributed by atoms with Gasteiger partial charge in [-0.3, -0.25) is 14.5 Å². The lowest BCUT2D eigenvalue weighted by Gasteiger charge is -2.12. The molecule has 35 heavy (non-hydrogen) atoms. The fourth-order valence-corrected chi connectivity index (χ4v) is 4.99. The van der Waals surface area contributed by atoms with Gasteiger partial charge in [-0.05, 0) is 54.1 Å². The second-order valence-electron chi connectivity index (χ2n) is 7.25. The molecular formula is C24H18Cl2N2O5S2. The Morgan fingerprint density at radius 3 is 2.63 bits per heavy atom. The van der Waals surface area contributed by atoms with Gasteiger partial charge in [0.1, 0.15) is 10.1 Å². The van der Waals surface area contributed by atoms with Crippen LogP contribution in [0.5, 0.6) is 11.5 Å². The number of halogens is 2. The highest BCUT2D eigenvalue weighted by Crippen LogP contribution is 2.35. The predicted molar refractivity (Wildman–Crippen MR) is 141 cm³/mol. The first kappa shape index (κ1) is 25.1. The SMILES string of the molecule is COc1cc(/C=C2\SC(=S)N(Cc3ccco3)C2=O)ccc1OCC(=O)Nc1cc(Cl)cc(Cl)c1. The number of nitrogens with zero attached hydrogens (tertiary/aromatic N) is 1. The molecule has 1 N–H and O–H groups in total. The number of amides is 2. The molecule has 180 valence electrons. The number of nitrogens with one attached hydrogen (secondary N) is 1. The summed E-state index contributed by atoms with van der Waals surface area (Å²) in [5.41, 5.74) is 1.17. The average molecular weight is 549 g/mol. The summed E-state index contributed by atoms with van der Waals surface area (Å²) >= 11 is 18.5. The lowest BCUT2D eigenvalue weighted by atomic mass is 10.2. The maximum Gasteiger partial charge on any atom is 0.266 e. The number of rotatable bonds is 8. The average Bonchev–Trinajstić information content (AvgIpc) is 3.41. The third-order valence-electron chi connectivity index (χ3n) is 4.76. The summed E-state index contributed by atoms with van der Waals surface area (Å²) in [5.74, 6) is 0.828. The third-order valence-corrected chi connectivity index (χ3v) is 6.57. The second-order valence-corrected chi connectivity index (χ2v) is 9.80. The topological polar surface area (TPSA) is 81.0 Å². The van der Waals surface area contributed by atoms with Crippen molar-refractivity contribution in [3.63, 3.8) is 0 Å². The molecule has 0 saturated carbocycles. The summed E-state index contributed by atoms with van der Waals surface area (Å²) in [5, 5.41) is 3.49. The number of thioether (sulfide) groups is 1. The molecule has 0 bridgehead atoms. The van der Waals surface area contributed by atoms with E-state index in [9.17, 15) is 9.59 Å². The van der Waals surface area contributed by atoms with Crippen LogP contribution in [0, 0.1) is 0 Å². The Bertz CT molecular complexity index is 1290. The molecule has 3 aromatic rings. The fourth-order valence-electron chi connectivity index (χ4n) is 3.21. The smallest absolute Gasteiger partial charge is 0.266 e. The maximum absolute atomic E-state index is 12.8. The van der Waals surface area contributed by atoms with Crippen LogP contribution in [-0.4, -0.2) is 34.8 Å². The quantitative estimate of drug-likeness (QED) is 0.272. The Balaban J connectivity index is 1.41. The minimum absolute atomic E-state index is 0.200. The molecule has 2 aromatic carbocycles. The minimum atomic E-state index is -0.394. The van der Waals surface area contributed by atoms with Gasteiger partial charge >= 0.3 is 0 Å². The molecule has 7 nitrogen and oxygen atoms in total. The molecule has 0 aliphatic carbocycles. The van der Waals surface area contributed by atoms with E-state index in [0.717, 1.165) is 0 Å². The van der Waals surface area contributed by atoms with Crippen LogP contribution in [0.1, 0.15) is 11.3 Å². The number of ether oxygens (including phenoxy) is 2. The van der Waals surface area contributed by atoms with E-state index in [4.69, 9.17) is 49.3 Å². The van der Waals surface area contributed by atoms with Gasteiger partial charge in [-0.25, -0.2) is 0 Å². The van der Waals surface area contributed by atoms with Gasteiger partial charge in [-0.1, -0.05) is 53.2 Å². The van der Waals surface area contributed by atoms with Crippen molar-refractivity contribution in [2.45, 2.75) is 6.54 Å². The van der Waals surface area contributed by atoms with Gasteiger partial charge in [0.2, 0.25) is 0 Å². The summed E-state index contributed by atoms with van der Waals surface area (Å²) in [4.78, 5) is 27.1. The first-order chi connectivity index (χ1) is 16.8. The number of furan rings is 1. The normalized spacial score (nSPS) is 14.5. The number of methoxy groups -OCH3 is 1. The van der Waals surface area contributed by atoms with Gasteiger partial charge in [0.25, 0.3) is 11.8 Å². The number of hydrogen-bond acceptors (Lipinski definition) is 7. The fraction of sp³-hybridized carbons (Fsp3) is 0.125. The molecular weight excluding hydrogens is 531 g/mol. The predicted octanol–water partition coefficient (Wildman–Crippen LogP) is 6.01. The van der Waals surface area contributed by atoms with Crippen LogP contribution in [0.15, 0.2) is 64.1 Å². The van der Waals surface area contributed by atoms with E-state index in [1.54, 1.807) is 60.9 Å². The Kier molecular flexibility index (Phi) is 8.02. The summed E-state index contributed by atoms with van der Waals surface area (Å²) in [6.07, 6.45) is 3.28. The van der Waals surface area contributed by atoms with E-state index in [0.29, 0.717) is 47.8 Å². The van der Waals surface area contributed by atoms with Crippen molar-refractivity contribution in [3.05, 3.63) is 81.1 Å². The van der Waals surface area contributed by atoms with Crippen molar-refractivity contribution in [2.75, 3.05) is 19.0 Å². The van der Waals surface area contributed by atoms with Gasteiger partial charge in [-0.2, -0.15) is 0 Å². The first-order valence-corrected chi connectivity index (χ1v) is 12.1. The third kappa shape index (κ3) is 6.37. The lowest BCUT2D eigenvalue weighted by molar-refractivity contribution is -0.122. The molecule has 2 heterocycles. The summed E-state index contributed by atoms with van der Waals surface area (Å²) < 4.78 is 16.8. The summed E-state index contributed by atoms with van der Waals surface area (Å²) in [6.45, 7) is 0.0137. The van der Waals surface area contributed by atoms with E-state index in [-0.39, 0.29) is 19.1 Å². The Morgan fingerprint density at radius 2 is 1.94 bits per heavy atom. The van der Waals surface area contributed by atoms with Crippen molar-refractivity contribution in [3.8, 4) is 11.5 Å². The Hall–Kier alpha value is -2.98. The molecule has 0 radical (unpaired) electrons.